The Labute approximate surface area is 156 Å². The molecule has 0 bridgehead atoms. The minimum atomic E-state index is -0.713. The average molecular weight is 357 g/mol. The van der Waals surface area contributed by atoms with E-state index in [1.54, 1.807) is 13.2 Å². The van der Waals surface area contributed by atoms with Gasteiger partial charge in [0.2, 0.25) is 0 Å². The maximum absolute atomic E-state index is 11.6. The highest BCUT2D eigenvalue weighted by Gasteiger charge is 2.74. The molecule has 3 saturated carbocycles. The van der Waals surface area contributed by atoms with Crippen LogP contribution < -0.4 is 0 Å². The van der Waals surface area contributed by atoms with Crippen LogP contribution in [0.3, 0.4) is 0 Å². The summed E-state index contributed by atoms with van der Waals surface area (Å²) >= 11 is 0. The molecule has 0 aromatic heterocycles. The zero-order valence-electron chi connectivity index (χ0n) is 16.0. The third-order valence-electron chi connectivity index (χ3n) is 8.86. The lowest BCUT2D eigenvalue weighted by molar-refractivity contribution is -0.108. The maximum Gasteiger partial charge on any atom is 0.0958 e. The summed E-state index contributed by atoms with van der Waals surface area (Å²) in [4.78, 5) is 0. The first-order chi connectivity index (χ1) is 12.5. The Hall–Kier alpha value is -1.06. The van der Waals surface area contributed by atoms with E-state index in [9.17, 15) is 10.2 Å². The molecule has 3 fully saturated rings. The van der Waals surface area contributed by atoms with Crippen LogP contribution >= 0.6 is 0 Å². The third-order valence-corrected chi connectivity index (χ3v) is 8.86. The number of allylic oxidation sites excluding steroid dienone is 4. The lowest BCUT2D eigenvalue weighted by Gasteiger charge is -2.56. The van der Waals surface area contributed by atoms with Crippen LogP contribution in [0, 0.1) is 40.9 Å². The van der Waals surface area contributed by atoms with E-state index in [1.807, 2.05) is 6.08 Å². The first-order valence-corrected chi connectivity index (χ1v) is 10.5. The Kier molecular flexibility index (Phi) is 3.75. The lowest BCUT2D eigenvalue weighted by Crippen LogP contribution is -2.54. The van der Waals surface area contributed by atoms with E-state index in [0.717, 1.165) is 30.9 Å². The quantitative estimate of drug-likeness (QED) is 0.756. The van der Waals surface area contributed by atoms with Gasteiger partial charge >= 0.3 is 0 Å². The zero-order chi connectivity index (χ0) is 18.1. The summed E-state index contributed by atoms with van der Waals surface area (Å²) in [6.45, 7) is 2.36. The second-order valence-corrected chi connectivity index (χ2v) is 9.63. The Morgan fingerprint density at radius 3 is 2.88 bits per heavy atom. The number of hydrogen-bond acceptors (Lipinski definition) is 3. The SMILES string of the molecule is COC1=CC2=CCC3C(CCC4(C)C3[C@@H]3C[C@@H]3[C@@]4(O)/C=C\CO)[C@H]2CC1. The van der Waals surface area contributed by atoms with Gasteiger partial charge in [0.25, 0.3) is 0 Å². The van der Waals surface area contributed by atoms with Gasteiger partial charge in [-0.25, -0.2) is 0 Å². The molecule has 0 amide bonds. The molecule has 4 unspecified atom stereocenters. The zero-order valence-corrected chi connectivity index (χ0v) is 16.0. The van der Waals surface area contributed by atoms with E-state index in [0.29, 0.717) is 29.6 Å². The highest BCUT2D eigenvalue weighted by Crippen LogP contribution is 2.75. The lowest BCUT2D eigenvalue weighted by atomic mass is 9.50. The van der Waals surface area contributed by atoms with Gasteiger partial charge in [0.1, 0.15) is 0 Å². The second-order valence-electron chi connectivity index (χ2n) is 9.63. The minimum absolute atomic E-state index is 0.0227. The van der Waals surface area contributed by atoms with Crippen LogP contribution in [0.4, 0.5) is 0 Å². The fourth-order valence-electron chi connectivity index (χ4n) is 7.69. The van der Waals surface area contributed by atoms with E-state index in [2.05, 4.69) is 19.1 Å². The molecular weight excluding hydrogens is 324 g/mol. The van der Waals surface area contributed by atoms with Crippen molar-refractivity contribution in [2.24, 2.45) is 40.9 Å². The molecule has 26 heavy (non-hydrogen) atoms. The van der Waals surface area contributed by atoms with Crippen molar-refractivity contribution in [2.45, 2.75) is 51.0 Å². The van der Waals surface area contributed by atoms with Gasteiger partial charge in [0.15, 0.2) is 0 Å². The van der Waals surface area contributed by atoms with Crippen molar-refractivity contribution in [3.63, 3.8) is 0 Å². The van der Waals surface area contributed by atoms with Crippen LogP contribution in [0.1, 0.15) is 45.4 Å². The summed E-state index contributed by atoms with van der Waals surface area (Å²) < 4.78 is 5.51. The summed E-state index contributed by atoms with van der Waals surface area (Å²) in [5.41, 5.74) is 0.773. The molecule has 0 aliphatic heterocycles. The molecule has 5 aliphatic rings. The Morgan fingerprint density at radius 2 is 2.12 bits per heavy atom. The summed E-state index contributed by atoms with van der Waals surface area (Å²) in [6.07, 6.45) is 15.5. The molecule has 142 valence electrons. The molecule has 5 rings (SSSR count). The number of fused-ring (bicyclic) bond motifs is 7. The Morgan fingerprint density at radius 1 is 1.27 bits per heavy atom. The van der Waals surface area contributed by atoms with Crippen molar-refractivity contribution < 1.29 is 14.9 Å². The molecule has 8 atom stereocenters. The maximum atomic E-state index is 11.6. The van der Waals surface area contributed by atoms with E-state index >= 15 is 0 Å². The largest absolute Gasteiger partial charge is 0.501 e. The summed E-state index contributed by atoms with van der Waals surface area (Å²) in [6, 6.07) is 0. The van der Waals surface area contributed by atoms with Crippen LogP contribution in [-0.2, 0) is 4.74 Å². The molecule has 0 heterocycles. The molecule has 3 nitrogen and oxygen atoms in total. The highest BCUT2D eigenvalue weighted by molar-refractivity contribution is 5.35. The number of hydrogen-bond donors (Lipinski definition) is 2. The monoisotopic (exact) mass is 356 g/mol. The molecule has 0 aromatic rings. The van der Waals surface area contributed by atoms with Crippen LogP contribution in [0.2, 0.25) is 0 Å². The fourth-order valence-corrected chi connectivity index (χ4v) is 7.69. The normalized spacial score (nSPS) is 51.7. The first-order valence-electron chi connectivity index (χ1n) is 10.5. The van der Waals surface area contributed by atoms with Gasteiger partial charge in [0, 0.05) is 11.8 Å². The topological polar surface area (TPSA) is 49.7 Å². The van der Waals surface area contributed by atoms with Crippen molar-refractivity contribution in [1.29, 1.82) is 0 Å². The van der Waals surface area contributed by atoms with Crippen molar-refractivity contribution in [1.82, 2.24) is 0 Å². The van der Waals surface area contributed by atoms with Crippen LogP contribution in [0.15, 0.2) is 35.6 Å². The van der Waals surface area contributed by atoms with E-state index in [4.69, 9.17) is 4.74 Å². The third kappa shape index (κ3) is 2.08. The molecule has 0 aromatic carbocycles. The van der Waals surface area contributed by atoms with Gasteiger partial charge in [-0.3, -0.25) is 0 Å². The van der Waals surface area contributed by atoms with Gasteiger partial charge < -0.3 is 14.9 Å². The number of rotatable bonds is 3. The standard InChI is InChI=1S/C23H32O3/c1-22-10-8-17-16-7-5-15(26-2)12-14(16)4-6-18(17)21(22)19-13-20(19)23(22,25)9-3-11-24/h3-4,9,12,16-21,24-25H,5-8,10-11,13H2,1-2H3/b9-3-/t16-,17?,18?,19+,20-,21?,22?,23-/m0/s1. The van der Waals surface area contributed by atoms with Crippen molar-refractivity contribution in [3.05, 3.63) is 35.6 Å². The molecule has 0 radical (unpaired) electrons. The molecule has 5 aliphatic carbocycles. The number of methoxy groups -OCH3 is 1. The average Bonchev–Trinajstić information content (AvgIpc) is 3.42. The van der Waals surface area contributed by atoms with Crippen molar-refractivity contribution >= 4 is 0 Å². The molecular formula is C23H32O3. The highest BCUT2D eigenvalue weighted by atomic mass is 16.5. The molecule has 2 N–H and O–H groups in total. The number of ether oxygens (including phenoxy) is 1. The Balaban J connectivity index is 1.48. The number of aliphatic hydroxyl groups is 2. The van der Waals surface area contributed by atoms with E-state index in [1.165, 1.54) is 24.8 Å². The van der Waals surface area contributed by atoms with Crippen molar-refractivity contribution in [2.75, 3.05) is 13.7 Å². The van der Waals surface area contributed by atoms with Crippen LogP contribution in [0.5, 0.6) is 0 Å². The van der Waals surface area contributed by atoms with Gasteiger partial charge in [0.05, 0.1) is 25.1 Å². The summed E-state index contributed by atoms with van der Waals surface area (Å²) in [5, 5.41) is 20.9. The second kappa shape index (κ2) is 5.72. The fraction of sp³-hybridized carbons (Fsp3) is 0.739. The smallest absolute Gasteiger partial charge is 0.0958 e. The Bertz CT molecular complexity index is 692. The summed E-state index contributed by atoms with van der Waals surface area (Å²) in [5.74, 6) is 5.04. The molecule has 0 saturated heterocycles. The molecule has 0 spiro atoms. The van der Waals surface area contributed by atoms with Gasteiger partial charge in [-0.2, -0.15) is 0 Å². The van der Waals surface area contributed by atoms with Crippen molar-refractivity contribution in [3.8, 4) is 0 Å². The predicted molar refractivity (Wildman–Crippen MR) is 101 cm³/mol. The predicted octanol–water partition coefficient (Wildman–Crippen LogP) is 3.83. The molecule has 3 heteroatoms. The van der Waals surface area contributed by atoms with E-state index in [-0.39, 0.29) is 12.0 Å². The first kappa shape index (κ1) is 17.1. The number of aliphatic hydroxyl groups excluding tert-OH is 1. The van der Waals surface area contributed by atoms with Gasteiger partial charge in [-0.05, 0) is 79.3 Å². The summed E-state index contributed by atoms with van der Waals surface area (Å²) in [7, 11) is 1.79. The minimum Gasteiger partial charge on any atom is -0.501 e. The van der Waals surface area contributed by atoms with E-state index < -0.39 is 5.60 Å². The van der Waals surface area contributed by atoms with Gasteiger partial charge in [-0.15, -0.1) is 0 Å². The van der Waals surface area contributed by atoms with Gasteiger partial charge in [-0.1, -0.05) is 25.2 Å². The van der Waals surface area contributed by atoms with Crippen LogP contribution in [0.25, 0.3) is 0 Å². The van der Waals surface area contributed by atoms with Crippen LogP contribution in [-0.4, -0.2) is 29.5 Å².